The van der Waals surface area contributed by atoms with Crippen LogP contribution in [0.4, 0.5) is 10.5 Å². The minimum atomic E-state index is -1.06. The van der Waals surface area contributed by atoms with Crippen LogP contribution in [-0.2, 0) is 9.59 Å². The van der Waals surface area contributed by atoms with Crippen molar-refractivity contribution in [2.45, 2.75) is 45.1 Å². The highest BCUT2D eigenvalue weighted by Gasteiger charge is 2.39. The molecule has 154 valence electrons. The summed E-state index contributed by atoms with van der Waals surface area (Å²) < 4.78 is 5.14. The van der Waals surface area contributed by atoms with E-state index in [0.29, 0.717) is 50.2 Å². The number of benzene rings is 1. The number of carbonyl (C=O) groups excluding carboxylic acids is 2. The molecule has 0 aromatic heterocycles. The molecule has 1 aliphatic rings. The number of nitrogens with one attached hydrogen (secondary N) is 2. The number of likely N-dealkylation sites (tertiary alicyclic amines) is 1. The van der Waals surface area contributed by atoms with E-state index in [-0.39, 0.29) is 5.91 Å². The van der Waals surface area contributed by atoms with E-state index in [1.807, 2.05) is 6.92 Å². The van der Waals surface area contributed by atoms with E-state index in [4.69, 9.17) is 9.84 Å². The van der Waals surface area contributed by atoms with E-state index in [9.17, 15) is 14.4 Å². The van der Waals surface area contributed by atoms with Crippen LogP contribution in [0.15, 0.2) is 24.3 Å². The minimum Gasteiger partial charge on any atom is -0.497 e. The molecule has 3 amide bonds. The molecule has 1 aromatic carbocycles. The molecule has 1 fully saturated rings. The summed E-state index contributed by atoms with van der Waals surface area (Å²) in [5.41, 5.74) is -0.501. The number of carboxylic acid groups (broad SMARTS) is 1. The second-order valence-electron chi connectivity index (χ2n) is 7.30. The quantitative estimate of drug-likeness (QED) is 0.662. The Morgan fingerprint density at radius 3 is 2.54 bits per heavy atom. The fraction of sp³-hybridized carbons (Fsp3) is 0.550. The van der Waals surface area contributed by atoms with Crippen LogP contribution in [0.3, 0.4) is 0 Å². The van der Waals surface area contributed by atoms with E-state index in [1.165, 1.54) is 0 Å². The van der Waals surface area contributed by atoms with Crippen LogP contribution >= 0.6 is 0 Å². The van der Waals surface area contributed by atoms with Gasteiger partial charge in [0, 0.05) is 24.8 Å². The topological polar surface area (TPSA) is 108 Å². The van der Waals surface area contributed by atoms with Crippen LogP contribution in [0.1, 0.15) is 39.5 Å². The van der Waals surface area contributed by atoms with Crippen molar-refractivity contribution in [1.29, 1.82) is 0 Å². The van der Waals surface area contributed by atoms with Gasteiger partial charge in [-0.05, 0) is 38.3 Å². The van der Waals surface area contributed by atoms with Gasteiger partial charge in [0.25, 0.3) is 0 Å². The van der Waals surface area contributed by atoms with E-state index < -0.39 is 23.5 Å². The van der Waals surface area contributed by atoms with Gasteiger partial charge in [0.15, 0.2) is 0 Å². The number of rotatable bonds is 7. The Labute approximate surface area is 165 Å². The average molecular weight is 391 g/mol. The summed E-state index contributed by atoms with van der Waals surface area (Å²) in [4.78, 5) is 38.4. The maximum absolute atomic E-state index is 13.1. The molecule has 3 N–H and O–H groups in total. The third-order valence-electron chi connectivity index (χ3n) is 5.07. The Balaban J connectivity index is 2.04. The van der Waals surface area contributed by atoms with Crippen molar-refractivity contribution in [2.24, 2.45) is 5.92 Å². The lowest BCUT2D eigenvalue weighted by atomic mass is 9.91. The fourth-order valence-electron chi connectivity index (χ4n) is 3.52. The second-order valence-corrected chi connectivity index (χ2v) is 7.30. The van der Waals surface area contributed by atoms with Gasteiger partial charge in [0.1, 0.15) is 11.3 Å². The number of carboxylic acids is 1. The van der Waals surface area contributed by atoms with Crippen LogP contribution < -0.4 is 15.4 Å². The molecule has 1 heterocycles. The lowest BCUT2D eigenvalue weighted by molar-refractivity contribution is -0.147. The van der Waals surface area contributed by atoms with Crippen LogP contribution in [0, 0.1) is 5.92 Å². The molecule has 0 aliphatic carbocycles. The van der Waals surface area contributed by atoms with E-state index in [0.717, 1.165) is 0 Å². The fourth-order valence-corrected chi connectivity index (χ4v) is 3.52. The highest BCUT2D eigenvalue weighted by Crippen LogP contribution is 2.23. The van der Waals surface area contributed by atoms with Crippen molar-refractivity contribution < 1.29 is 24.2 Å². The van der Waals surface area contributed by atoms with Crippen molar-refractivity contribution in [2.75, 3.05) is 25.5 Å². The first-order valence-corrected chi connectivity index (χ1v) is 9.54. The molecule has 8 heteroatoms. The summed E-state index contributed by atoms with van der Waals surface area (Å²) in [7, 11) is 1.55. The smallest absolute Gasteiger partial charge is 0.320 e. The minimum absolute atomic E-state index is 0.181. The number of methoxy groups -OCH3 is 1. The summed E-state index contributed by atoms with van der Waals surface area (Å²) in [6.07, 6.45) is 2.06. The predicted molar refractivity (Wildman–Crippen MR) is 105 cm³/mol. The number of urea groups is 1. The van der Waals surface area contributed by atoms with Gasteiger partial charge < -0.3 is 25.4 Å². The highest BCUT2D eigenvalue weighted by atomic mass is 16.5. The Morgan fingerprint density at radius 2 is 1.96 bits per heavy atom. The zero-order valence-corrected chi connectivity index (χ0v) is 16.7. The average Bonchev–Trinajstić information content (AvgIpc) is 2.67. The maximum atomic E-state index is 13.1. The number of anilines is 1. The summed E-state index contributed by atoms with van der Waals surface area (Å²) in [5, 5.41) is 14.7. The van der Waals surface area contributed by atoms with E-state index >= 15 is 0 Å². The van der Waals surface area contributed by atoms with Gasteiger partial charge >= 0.3 is 12.0 Å². The Kier molecular flexibility index (Phi) is 7.25. The highest BCUT2D eigenvalue weighted by molar-refractivity contribution is 5.96. The van der Waals surface area contributed by atoms with Crippen molar-refractivity contribution in [3.05, 3.63) is 24.3 Å². The van der Waals surface area contributed by atoms with Gasteiger partial charge in [-0.2, -0.15) is 0 Å². The molecule has 2 rings (SSSR count). The Hall–Kier alpha value is -2.77. The Morgan fingerprint density at radius 1 is 1.29 bits per heavy atom. The molecule has 28 heavy (non-hydrogen) atoms. The third-order valence-corrected chi connectivity index (χ3v) is 5.07. The van der Waals surface area contributed by atoms with Crippen LogP contribution in [0.25, 0.3) is 0 Å². The Bertz CT molecular complexity index is 716. The van der Waals surface area contributed by atoms with Gasteiger partial charge in [0.2, 0.25) is 5.91 Å². The van der Waals surface area contributed by atoms with Crippen LogP contribution in [0.5, 0.6) is 5.75 Å². The van der Waals surface area contributed by atoms with Crippen molar-refractivity contribution in [1.82, 2.24) is 10.2 Å². The molecular formula is C20H29N3O5. The zero-order chi connectivity index (χ0) is 20.7. The third kappa shape index (κ3) is 5.37. The number of ether oxygens (including phenoxy) is 1. The number of nitrogens with zero attached hydrogens (tertiary/aromatic N) is 1. The number of aliphatic carboxylic acids is 1. The van der Waals surface area contributed by atoms with Gasteiger partial charge in [-0.1, -0.05) is 19.4 Å². The number of carbonyl (C=O) groups is 3. The molecule has 1 aliphatic heterocycles. The van der Waals surface area contributed by atoms with Crippen molar-refractivity contribution in [3.8, 4) is 5.75 Å². The summed E-state index contributed by atoms with van der Waals surface area (Å²) in [6, 6.07) is 6.48. The zero-order valence-electron chi connectivity index (χ0n) is 16.7. The lowest BCUT2D eigenvalue weighted by Gasteiger charge is -2.38. The molecule has 0 bridgehead atoms. The summed E-state index contributed by atoms with van der Waals surface area (Å²) in [6.45, 7) is 4.43. The molecule has 8 nitrogen and oxygen atoms in total. The second kappa shape index (κ2) is 9.43. The van der Waals surface area contributed by atoms with Gasteiger partial charge in [0.05, 0.1) is 13.0 Å². The normalized spacial score (nSPS) is 16.8. The SMILES string of the molecule is CCCC(C)(NC(=O)Nc1cccc(OC)c1)C(=O)N1CCC(C(=O)O)CC1. The monoisotopic (exact) mass is 391 g/mol. The summed E-state index contributed by atoms with van der Waals surface area (Å²) >= 11 is 0. The molecule has 1 atom stereocenters. The molecule has 1 saturated heterocycles. The van der Waals surface area contributed by atoms with Crippen molar-refractivity contribution >= 4 is 23.6 Å². The molecule has 0 spiro atoms. The first-order chi connectivity index (χ1) is 13.3. The molecule has 1 unspecified atom stereocenters. The number of piperidine rings is 1. The lowest BCUT2D eigenvalue weighted by Crippen LogP contribution is -2.59. The number of hydrogen-bond acceptors (Lipinski definition) is 4. The first-order valence-electron chi connectivity index (χ1n) is 9.54. The van der Waals surface area contributed by atoms with Gasteiger partial charge in [-0.15, -0.1) is 0 Å². The van der Waals surface area contributed by atoms with Gasteiger partial charge in [-0.25, -0.2) is 4.79 Å². The first kappa shape index (κ1) is 21.5. The summed E-state index contributed by atoms with van der Waals surface area (Å²) in [5.74, 6) is -0.796. The molecule has 0 saturated carbocycles. The standard InChI is InChI=1S/C20H29N3O5/c1-4-10-20(2,18(26)23-11-8-14(9-12-23)17(24)25)22-19(27)21-15-6-5-7-16(13-15)28-3/h5-7,13-14H,4,8-12H2,1-3H3,(H,24,25)(H2,21,22,27). The largest absolute Gasteiger partial charge is 0.497 e. The van der Waals surface area contributed by atoms with E-state index in [1.54, 1.807) is 43.2 Å². The molecular weight excluding hydrogens is 362 g/mol. The maximum Gasteiger partial charge on any atom is 0.320 e. The molecule has 0 radical (unpaired) electrons. The van der Waals surface area contributed by atoms with Crippen molar-refractivity contribution in [3.63, 3.8) is 0 Å². The van der Waals surface area contributed by atoms with Crippen LogP contribution in [0.2, 0.25) is 0 Å². The molecule has 1 aromatic rings. The van der Waals surface area contributed by atoms with E-state index in [2.05, 4.69) is 10.6 Å². The predicted octanol–water partition coefficient (Wildman–Crippen LogP) is 2.70. The number of amides is 3. The van der Waals surface area contributed by atoms with Crippen LogP contribution in [-0.4, -0.2) is 53.7 Å². The number of hydrogen-bond donors (Lipinski definition) is 3. The van der Waals surface area contributed by atoms with Gasteiger partial charge in [-0.3, -0.25) is 9.59 Å².